The average molecular weight is 456 g/mol. The molecule has 0 atom stereocenters. The van der Waals surface area contributed by atoms with Gasteiger partial charge in [-0.3, -0.25) is 9.10 Å². The first-order valence-corrected chi connectivity index (χ1v) is 11.9. The van der Waals surface area contributed by atoms with E-state index < -0.39 is 15.9 Å². The number of methoxy groups -OCH3 is 1. The topological polar surface area (TPSA) is 79.3 Å². The molecular weight excluding hydrogens is 434 g/mol. The Balaban J connectivity index is 1.66. The summed E-state index contributed by atoms with van der Waals surface area (Å²) in [6.07, 6.45) is 0.613. The van der Waals surface area contributed by atoms with Crippen molar-refractivity contribution in [1.29, 1.82) is 0 Å². The van der Waals surface area contributed by atoms with Gasteiger partial charge in [-0.2, -0.15) is 5.10 Å². The smallest absolute Gasteiger partial charge is 0.274 e. The molecule has 3 aromatic rings. The highest BCUT2D eigenvalue weighted by Gasteiger charge is 2.32. The molecule has 160 valence electrons. The maximum atomic E-state index is 13.4. The van der Waals surface area contributed by atoms with Crippen molar-refractivity contribution in [3.05, 3.63) is 77.7 Å². The zero-order valence-corrected chi connectivity index (χ0v) is 18.5. The molecule has 1 amide bonds. The molecule has 0 unspecified atom stereocenters. The van der Waals surface area contributed by atoms with Crippen LogP contribution in [0, 0.1) is 0 Å². The fraction of sp³-hybridized carbons (Fsp3) is 0.182. The summed E-state index contributed by atoms with van der Waals surface area (Å²) in [6, 6.07) is 19.6. The molecule has 0 fully saturated rings. The van der Waals surface area contributed by atoms with E-state index in [-0.39, 0.29) is 10.8 Å². The Morgan fingerprint density at radius 1 is 1.10 bits per heavy atom. The standard InChI is InChI=1S/C22H21N3O4S2/c1-29-20-11-6-5-10-19(20)25(31(27,28)22-12-7-15-30-22)16-21(26)24-14-13-18(23-24)17-8-3-2-4-9-17/h2-12,15H,13-14,16H2,1H3. The third kappa shape index (κ3) is 4.33. The molecule has 1 aliphatic rings. The van der Waals surface area contributed by atoms with E-state index in [0.717, 1.165) is 26.9 Å². The molecule has 0 spiro atoms. The number of amides is 1. The van der Waals surface area contributed by atoms with Crippen molar-refractivity contribution in [1.82, 2.24) is 5.01 Å². The molecule has 0 saturated heterocycles. The van der Waals surface area contributed by atoms with Gasteiger partial charge in [0.2, 0.25) is 0 Å². The van der Waals surface area contributed by atoms with Gasteiger partial charge < -0.3 is 4.74 Å². The minimum atomic E-state index is -3.96. The lowest BCUT2D eigenvalue weighted by Crippen LogP contribution is -2.40. The molecule has 2 heterocycles. The van der Waals surface area contributed by atoms with E-state index in [4.69, 9.17) is 4.74 Å². The lowest BCUT2D eigenvalue weighted by Gasteiger charge is -2.26. The second-order valence-corrected chi connectivity index (χ2v) is 9.83. The van der Waals surface area contributed by atoms with Crippen LogP contribution in [0.4, 0.5) is 5.69 Å². The molecule has 7 nitrogen and oxygen atoms in total. The Morgan fingerprint density at radius 2 is 1.84 bits per heavy atom. The van der Waals surface area contributed by atoms with Crippen molar-refractivity contribution in [3.8, 4) is 5.75 Å². The molecule has 1 aromatic heterocycles. The summed E-state index contributed by atoms with van der Waals surface area (Å²) in [6.45, 7) is 0.0219. The van der Waals surface area contributed by atoms with Gasteiger partial charge in [0.15, 0.2) is 0 Å². The van der Waals surface area contributed by atoms with E-state index in [1.807, 2.05) is 30.3 Å². The van der Waals surface area contributed by atoms with Crippen molar-refractivity contribution in [2.45, 2.75) is 10.6 Å². The fourth-order valence-electron chi connectivity index (χ4n) is 3.33. The number of benzene rings is 2. The molecule has 2 aromatic carbocycles. The van der Waals surface area contributed by atoms with Crippen molar-refractivity contribution in [2.75, 3.05) is 24.5 Å². The summed E-state index contributed by atoms with van der Waals surface area (Å²) in [5, 5.41) is 7.47. The zero-order valence-electron chi connectivity index (χ0n) is 16.8. The summed E-state index contributed by atoms with van der Waals surface area (Å²) >= 11 is 1.10. The lowest BCUT2D eigenvalue weighted by molar-refractivity contribution is -0.129. The van der Waals surface area contributed by atoms with Crippen molar-refractivity contribution in [2.24, 2.45) is 5.10 Å². The Labute approximate surface area is 185 Å². The normalized spacial score (nSPS) is 13.7. The molecular formula is C22H21N3O4S2. The largest absolute Gasteiger partial charge is 0.495 e. The third-order valence-corrected chi connectivity index (χ3v) is 8.00. The SMILES string of the molecule is COc1ccccc1N(CC(=O)N1CCC(c2ccccc2)=N1)S(=O)(=O)c1cccs1. The van der Waals surface area contributed by atoms with Crippen LogP contribution in [0.5, 0.6) is 5.75 Å². The van der Waals surface area contributed by atoms with Crippen molar-refractivity contribution >= 4 is 38.7 Å². The number of hydrazone groups is 1. The maximum Gasteiger partial charge on any atom is 0.274 e. The summed E-state index contributed by atoms with van der Waals surface area (Å²) < 4.78 is 33.4. The summed E-state index contributed by atoms with van der Waals surface area (Å²) in [5.74, 6) is -0.0395. The first kappa shape index (κ1) is 21.1. The van der Waals surface area contributed by atoms with Crippen LogP contribution in [0.1, 0.15) is 12.0 Å². The minimum Gasteiger partial charge on any atom is -0.495 e. The molecule has 0 saturated carbocycles. The van der Waals surface area contributed by atoms with E-state index in [2.05, 4.69) is 5.10 Å². The zero-order chi connectivity index (χ0) is 21.8. The minimum absolute atomic E-state index is 0.154. The van der Waals surface area contributed by atoms with Crippen LogP contribution < -0.4 is 9.04 Å². The van der Waals surface area contributed by atoms with Gasteiger partial charge in [-0.15, -0.1) is 11.3 Å². The number of nitrogens with zero attached hydrogens (tertiary/aromatic N) is 3. The fourth-order valence-corrected chi connectivity index (χ4v) is 5.86. The third-order valence-electron chi connectivity index (χ3n) is 4.87. The summed E-state index contributed by atoms with van der Waals surface area (Å²) in [4.78, 5) is 13.1. The second kappa shape index (κ2) is 8.91. The average Bonchev–Trinajstić information content (AvgIpc) is 3.51. The van der Waals surface area contributed by atoms with E-state index in [0.29, 0.717) is 24.4 Å². The Hall–Kier alpha value is -3.17. The van der Waals surface area contributed by atoms with Crippen molar-refractivity contribution in [3.63, 3.8) is 0 Å². The first-order valence-electron chi connectivity index (χ1n) is 9.63. The van der Waals surface area contributed by atoms with Crippen LogP contribution in [-0.4, -0.2) is 45.2 Å². The van der Waals surface area contributed by atoms with Gasteiger partial charge in [0.1, 0.15) is 16.5 Å². The van der Waals surface area contributed by atoms with Gasteiger partial charge in [-0.05, 0) is 29.1 Å². The van der Waals surface area contributed by atoms with Crippen LogP contribution in [0.25, 0.3) is 0 Å². The number of hydrogen-bond donors (Lipinski definition) is 0. The highest BCUT2D eigenvalue weighted by Crippen LogP contribution is 2.33. The van der Waals surface area contributed by atoms with Crippen LogP contribution in [-0.2, 0) is 14.8 Å². The van der Waals surface area contributed by atoms with E-state index >= 15 is 0 Å². The van der Waals surface area contributed by atoms with Crippen molar-refractivity contribution < 1.29 is 17.9 Å². The Kier molecular flexibility index (Phi) is 6.06. The number of hydrogen-bond acceptors (Lipinski definition) is 6. The van der Waals surface area contributed by atoms with E-state index in [1.54, 1.807) is 35.7 Å². The number of carbonyl (C=O) groups is 1. The van der Waals surface area contributed by atoms with Crippen LogP contribution in [0.3, 0.4) is 0 Å². The van der Waals surface area contributed by atoms with Crippen LogP contribution in [0.15, 0.2) is 81.4 Å². The molecule has 9 heteroatoms. The van der Waals surface area contributed by atoms with Gasteiger partial charge in [-0.25, -0.2) is 13.4 Å². The Bertz CT molecular complexity index is 1190. The molecule has 0 bridgehead atoms. The quantitative estimate of drug-likeness (QED) is 0.545. The van der Waals surface area contributed by atoms with Crippen LogP contribution >= 0.6 is 11.3 Å². The van der Waals surface area contributed by atoms with Gasteiger partial charge in [-0.1, -0.05) is 48.5 Å². The molecule has 31 heavy (non-hydrogen) atoms. The highest BCUT2D eigenvalue weighted by molar-refractivity contribution is 7.94. The molecule has 1 aliphatic heterocycles. The summed E-state index contributed by atoms with van der Waals surface area (Å²) in [5.41, 5.74) is 2.06. The number of rotatable bonds is 7. The van der Waals surface area contributed by atoms with E-state index in [9.17, 15) is 13.2 Å². The highest BCUT2D eigenvalue weighted by atomic mass is 32.2. The number of para-hydroxylation sites is 2. The summed E-state index contributed by atoms with van der Waals surface area (Å²) in [7, 11) is -2.49. The van der Waals surface area contributed by atoms with E-state index in [1.165, 1.54) is 18.2 Å². The van der Waals surface area contributed by atoms with Gasteiger partial charge >= 0.3 is 0 Å². The second-order valence-electron chi connectivity index (χ2n) is 6.80. The Morgan fingerprint density at radius 3 is 2.55 bits per heavy atom. The van der Waals surface area contributed by atoms with Gasteiger partial charge in [0, 0.05) is 6.42 Å². The number of sulfonamides is 1. The predicted molar refractivity (Wildman–Crippen MR) is 121 cm³/mol. The number of ether oxygens (including phenoxy) is 1. The molecule has 0 N–H and O–H groups in total. The number of thiophene rings is 1. The maximum absolute atomic E-state index is 13.4. The van der Waals surface area contributed by atoms with Gasteiger partial charge in [0.25, 0.3) is 15.9 Å². The first-order chi connectivity index (χ1) is 15.0. The van der Waals surface area contributed by atoms with Crippen LogP contribution in [0.2, 0.25) is 0 Å². The predicted octanol–water partition coefficient (Wildman–Crippen LogP) is 3.59. The monoisotopic (exact) mass is 455 g/mol. The number of anilines is 1. The lowest BCUT2D eigenvalue weighted by atomic mass is 10.1. The number of carbonyl (C=O) groups excluding carboxylic acids is 1. The van der Waals surface area contributed by atoms with Gasteiger partial charge in [0.05, 0.1) is 25.1 Å². The molecule has 4 rings (SSSR count). The molecule has 0 radical (unpaired) electrons. The molecule has 0 aliphatic carbocycles.